The van der Waals surface area contributed by atoms with Gasteiger partial charge in [0.25, 0.3) is 0 Å². The summed E-state index contributed by atoms with van der Waals surface area (Å²) in [6, 6.07) is 2.83. The number of primary amides is 1. The van der Waals surface area contributed by atoms with E-state index in [0.29, 0.717) is 0 Å². The van der Waals surface area contributed by atoms with Gasteiger partial charge < -0.3 is 5.73 Å². The van der Waals surface area contributed by atoms with Crippen LogP contribution in [0.2, 0.25) is 0 Å². The molecule has 0 bridgehead atoms. The average Bonchev–Trinajstić information content (AvgIpc) is 2.25. The smallest absolute Gasteiger partial charge is 0.231 e. The van der Waals surface area contributed by atoms with Crippen LogP contribution in [0.15, 0.2) is 0 Å². The molecule has 1 aliphatic carbocycles. The van der Waals surface area contributed by atoms with Crippen LogP contribution >= 0.6 is 0 Å². The molecule has 0 aromatic rings. The Morgan fingerprint density at radius 2 is 2.12 bits per heavy atom. The summed E-state index contributed by atoms with van der Waals surface area (Å²) in [5.41, 5.74) is 5.26. The largest absolute Gasteiger partial charge is 0.369 e. The molecule has 0 aromatic carbocycles. The summed E-state index contributed by atoms with van der Waals surface area (Å²) in [5.74, 6) is -0.258. The molecule has 0 aliphatic heterocycles. The highest BCUT2D eigenvalue weighted by Gasteiger charge is 2.32. The Morgan fingerprint density at radius 1 is 1.50 bits per heavy atom. The van der Waals surface area contributed by atoms with Gasteiger partial charge in [0.1, 0.15) is 0 Å². The normalized spacial score (nSPS) is 25.7. The number of carbonyl (C=O) groups excluding carboxylic acids is 1. The molecule has 1 aliphatic rings. The molecule has 2 N–H and O–H groups in total. The van der Waals surface area contributed by atoms with Gasteiger partial charge in [-0.05, 0) is 26.7 Å². The first-order chi connectivity index (χ1) is 7.56. The van der Waals surface area contributed by atoms with Crippen molar-refractivity contribution >= 4 is 5.91 Å². The third kappa shape index (κ3) is 3.21. The second-order valence-corrected chi connectivity index (χ2v) is 4.82. The Morgan fingerprint density at radius 3 is 2.62 bits per heavy atom. The third-order valence-corrected chi connectivity index (χ3v) is 3.32. The molecule has 4 heteroatoms. The minimum absolute atomic E-state index is 0.0514. The van der Waals surface area contributed by atoms with Gasteiger partial charge in [-0.25, -0.2) is 0 Å². The molecule has 0 heterocycles. The van der Waals surface area contributed by atoms with Crippen molar-refractivity contribution in [3.8, 4) is 6.07 Å². The van der Waals surface area contributed by atoms with Crippen LogP contribution in [0.5, 0.6) is 0 Å². The van der Waals surface area contributed by atoms with Crippen molar-refractivity contribution in [2.24, 2.45) is 11.7 Å². The second kappa shape index (κ2) is 5.86. The fraction of sp³-hybridized carbons (Fsp3) is 0.833. The van der Waals surface area contributed by atoms with Gasteiger partial charge in [-0.15, -0.1) is 0 Å². The molecule has 0 aromatic heterocycles. The Hall–Kier alpha value is -1.08. The Labute approximate surface area is 97.4 Å². The lowest BCUT2D eigenvalue weighted by Crippen LogP contribution is -2.49. The van der Waals surface area contributed by atoms with E-state index < -0.39 is 0 Å². The molecule has 2 unspecified atom stereocenters. The van der Waals surface area contributed by atoms with Crippen molar-refractivity contribution < 1.29 is 4.79 Å². The molecule has 4 nitrogen and oxygen atoms in total. The molecule has 1 saturated carbocycles. The highest BCUT2D eigenvalue weighted by molar-refractivity contribution is 5.76. The molecular weight excluding hydrogens is 202 g/mol. The van der Waals surface area contributed by atoms with Crippen LogP contribution in [-0.4, -0.2) is 29.4 Å². The lowest BCUT2D eigenvalue weighted by molar-refractivity contribution is -0.120. The predicted molar refractivity (Wildman–Crippen MR) is 62.4 cm³/mol. The van der Waals surface area contributed by atoms with Gasteiger partial charge in [-0.3, -0.25) is 9.69 Å². The summed E-state index contributed by atoms with van der Waals surface area (Å²) in [4.78, 5) is 13.1. The monoisotopic (exact) mass is 223 g/mol. The molecule has 1 amide bonds. The zero-order valence-corrected chi connectivity index (χ0v) is 10.1. The molecule has 0 saturated heterocycles. The van der Waals surface area contributed by atoms with E-state index in [2.05, 4.69) is 11.0 Å². The highest BCUT2D eigenvalue weighted by Crippen LogP contribution is 2.29. The summed E-state index contributed by atoms with van der Waals surface area (Å²) in [7, 11) is 0. The lowest BCUT2D eigenvalue weighted by atomic mass is 9.84. The maximum Gasteiger partial charge on any atom is 0.231 e. The van der Waals surface area contributed by atoms with E-state index >= 15 is 0 Å². The van der Waals surface area contributed by atoms with Gasteiger partial charge in [0, 0.05) is 12.1 Å². The van der Waals surface area contributed by atoms with Crippen LogP contribution in [0.4, 0.5) is 0 Å². The summed E-state index contributed by atoms with van der Waals surface area (Å²) in [5, 5.41) is 9.13. The fourth-order valence-corrected chi connectivity index (χ4v) is 2.52. The molecular formula is C12H21N3O. The maximum atomic E-state index is 11.0. The first-order valence-electron chi connectivity index (χ1n) is 6.00. The number of nitrogens with two attached hydrogens (primary N) is 1. The summed E-state index contributed by atoms with van der Waals surface area (Å²) >= 11 is 0. The molecule has 16 heavy (non-hydrogen) atoms. The van der Waals surface area contributed by atoms with Gasteiger partial charge in [-0.2, -0.15) is 5.26 Å². The van der Waals surface area contributed by atoms with E-state index in [1.165, 1.54) is 0 Å². The molecule has 1 rings (SSSR count). The van der Waals surface area contributed by atoms with Gasteiger partial charge in [0.05, 0.1) is 18.5 Å². The van der Waals surface area contributed by atoms with Crippen LogP contribution in [0, 0.1) is 17.2 Å². The summed E-state index contributed by atoms with van der Waals surface area (Å²) in [6.07, 6.45) is 4.22. The van der Waals surface area contributed by atoms with Crippen molar-refractivity contribution in [3.05, 3.63) is 0 Å². The zero-order chi connectivity index (χ0) is 12.1. The number of hydrogen-bond donors (Lipinski definition) is 1. The number of amides is 1. The van der Waals surface area contributed by atoms with E-state index in [9.17, 15) is 4.79 Å². The van der Waals surface area contributed by atoms with Crippen LogP contribution in [-0.2, 0) is 4.79 Å². The predicted octanol–water partition coefficient (Wildman–Crippen LogP) is 1.26. The number of hydrogen-bond acceptors (Lipinski definition) is 3. The standard InChI is InChI=1S/C12H21N3O/c1-9(2)15(8-12(14)16)11-6-4-3-5-10(11)7-13/h9-11H,3-6,8H2,1-2H3,(H2,14,16). The molecule has 0 radical (unpaired) electrons. The lowest BCUT2D eigenvalue weighted by Gasteiger charge is -2.39. The van der Waals surface area contributed by atoms with Crippen molar-refractivity contribution in [1.82, 2.24) is 4.90 Å². The highest BCUT2D eigenvalue weighted by atomic mass is 16.1. The zero-order valence-electron chi connectivity index (χ0n) is 10.1. The maximum absolute atomic E-state index is 11.0. The van der Waals surface area contributed by atoms with Crippen LogP contribution in [0.3, 0.4) is 0 Å². The molecule has 2 atom stereocenters. The van der Waals surface area contributed by atoms with E-state index in [1.54, 1.807) is 0 Å². The topological polar surface area (TPSA) is 70.1 Å². The number of nitrogens with zero attached hydrogens (tertiary/aromatic N) is 2. The quantitative estimate of drug-likeness (QED) is 0.780. The van der Waals surface area contributed by atoms with E-state index in [0.717, 1.165) is 25.7 Å². The SMILES string of the molecule is CC(C)N(CC(N)=O)C1CCCCC1C#N. The molecule has 0 spiro atoms. The number of nitriles is 1. The minimum atomic E-state index is -0.309. The number of rotatable bonds is 4. The van der Waals surface area contributed by atoms with E-state index in [1.807, 2.05) is 13.8 Å². The van der Waals surface area contributed by atoms with Gasteiger partial charge in [-0.1, -0.05) is 12.8 Å². The van der Waals surface area contributed by atoms with Crippen molar-refractivity contribution in [2.75, 3.05) is 6.54 Å². The fourth-order valence-electron chi connectivity index (χ4n) is 2.52. The Kier molecular flexibility index (Phi) is 4.75. The van der Waals surface area contributed by atoms with Crippen molar-refractivity contribution in [2.45, 2.75) is 51.6 Å². The van der Waals surface area contributed by atoms with Crippen molar-refractivity contribution in [3.63, 3.8) is 0 Å². The first-order valence-corrected chi connectivity index (χ1v) is 6.00. The van der Waals surface area contributed by atoms with Crippen molar-refractivity contribution in [1.29, 1.82) is 5.26 Å². The van der Waals surface area contributed by atoms with E-state index in [4.69, 9.17) is 11.0 Å². The summed E-state index contributed by atoms with van der Waals surface area (Å²) in [6.45, 7) is 4.36. The van der Waals surface area contributed by atoms with Crippen LogP contribution in [0.25, 0.3) is 0 Å². The first kappa shape index (κ1) is 13.0. The molecule has 90 valence electrons. The van der Waals surface area contributed by atoms with Crippen LogP contribution in [0.1, 0.15) is 39.5 Å². The second-order valence-electron chi connectivity index (χ2n) is 4.82. The Bertz CT molecular complexity index is 282. The Balaban J connectivity index is 2.75. The third-order valence-electron chi connectivity index (χ3n) is 3.32. The minimum Gasteiger partial charge on any atom is -0.369 e. The molecule has 1 fully saturated rings. The summed E-state index contributed by atoms with van der Waals surface area (Å²) < 4.78 is 0. The van der Waals surface area contributed by atoms with Gasteiger partial charge in [0.15, 0.2) is 0 Å². The van der Waals surface area contributed by atoms with Gasteiger partial charge in [0.2, 0.25) is 5.91 Å². The average molecular weight is 223 g/mol. The van der Waals surface area contributed by atoms with Gasteiger partial charge >= 0.3 is 0 Å². The number of carbonyl (C=O) groups is 1. The van der Waals surface area contributed by atoms with E-state index in [-0.39, 0.29) is 30.5 Å². The van der Waals surface area contributed by atoms with Crippen LogP contribution < -0.4 is 5.73 Å².